The largest absolute Gasteiger partial charge is 0.497 e. The number of methoxy groups -OCH3 is 1. The highest BCUT2D eigenvalue weighted by Crippen LogP contribution is 2.31. The molecule has 1 fully saturated rings. The third kappa shape index (κ3) is 3.06. The topological polar surface area (TPSA) is 21.3 Å². The van der Waals surface area contributed by atoms with Gasteiger partial charge in [-0.15, -0.1) is 0 Å². The Hall–Kier alpha value is -0.890. The van der Waals surface area contributed by atoms with Crippen molar-refractivity contribution in [3.8, 4) is 5.75 Å². The first-order chi connectivity index (χ1) is 8.20. The second kappa shape index (κ2) is 5.63. The highest BCUT2D eigenvalue weighted by molar-refractivity contribution is 6.33. The van der Waals surface area contributed by atoms with Crippen molar-refractivity contribution in [2.24, 2.45) is 5.92 Å². The minimum Gasteiger partial charge on any atom is -0.497 e. The van der Waals surface area contributed by atoms with Crippen LogP contribution in [0.2, 0.25) is 5.02 Å². The Balaban J connectivity index is 2.11. The fraction of sp³-hybridized carbons (Fsp3) is 0.571. The van der Waals surface area contributed by atoms with Crippen LogP contribution in [0, 0.1) is 5.92 Å². The third-order valence-corrected chi connectivity index (χ3v) is 3.96. The van der Waals surface area contributed by atoms with E-state index in [4.69, 9.17) is 16.3 Å². The lowest BCUT2D eigenvalue weighted by Gasteiger charge is -2.30. The molecule has 1 aliphatic rings. The van der Waals surface area contributed by atoms with E-state index in [9.17, 15) is 0 Å². The van der Waals surface area contributed by atoms with E-state index in [1.54, 1.807) is 7.11 Å². The molecule has 0 bridgehead atoms. The summed E-state index contributed by atoms with van der Waals surface area (Å²) in [6, 6.07) is 6.28. The molecule has 0 saturated heterocycles. The summed E-state index contributed by atoms with van der Waals surface area (Å²) in [6.07, 6.45) is 5.20. The molecular formula is C14H20ClNO. The molecule has 2 rings (SSSR count). The lowest BCUT2D eigenvalue weighted by Crippen LogP contribution is -2.30. The van der Waals surface area contributed by atoms with Crippen molar-refractivity contribution < 1.29 is 4.74 Å². The number of nitrogens with one attached hydrogen (secondary N) is 1. The molecule has 94 valence electrons. The zero-order valence-electron chi connectivity index (χ0n) is 10.5. The molecule has 17 heavy (non-hydrogen) atoms. The second-order valence-electron chi connectivity index (χ2n) is 4.86. The lowest BCUT2D eigenvalue weighted by molar-refractivity contribution is 0.349. The lowest BCUT2D eigenvalue weighted by atomic mass is 9.86. The SMILES string of the molecule is COc1ccc(Cl)c(NC2CCCCC2C)c1. The van der Waals surface area contributed by atoms with Crippen LogP contribution in [0.25, 0.3) is 0 Å². The number of ether oxygens (including phenoxy) is 1. The van der Waals surface area contributed by atoms with Crippen LogP contribution in [0.15, 0.2) is 18.2 Å². The third-order valence-electron chi connectivity index (χ3n) is 3.63. The van der Waals surface area contributed by atoms with Gasteiger partial charge in [0.25, 0.3) is 0 Å². The molecule has 0 radical (unpaired) electrons. The zero-order chi connectivity index (χ0) is 12.3. The molecule has 1 saturated carbocycles. The van der Waals surface area contributed by atoms with Crippen LogP contribution < -0.4 is 10.1 Å². The van der Waals surface area contributed by atoms with E-state index in [2.05, 4.69) is 12.2 Å². The maximum Gasteiger partial charge on any atom is 0.121 e. The molecule has 1 aliphatic carbocycles. The van der Waals surface area contributed by atoms with Crippen molar-refractivity contribution in [2.45, 2.75) is 38.6 Å². The highest BCUT2D eigenvalue weighted by Gasteiger charge is 2.21. The molecule has 0 amide bonds. The van der Waals surface area contributed by atoms with E-state index in [1.807, 2.05) is 18.2 Å². The summed E-state index contributed by atoms with van der Waals surface area (Å²) in [6.45, 7) is 2.31. The molecule has 2 unspecified atom stereocenters. The quantitative estimate of drug-likeness (QED) is 0.865. The second-order valence-corrected chi connectivity index (χ2v) is 5.27. The summed E-state index contributed by atoms with van der Waals surface area (Å²) >= 11 is 6.20. The number of halogens is 1. The smallest absolute Gasteiger partial charge is 0.121 e. The Morgan fingerprint density at radius 1 is 1.29 bits per heavy atom. The van der Waals surface area contributed by atoms with Gasteiger partial charge >= 0.3 is 0 Å². The molecule has 2 nitrogen and oxygen atoms in total. The number of anilines is 1. The maximum absolute atomic E-state index is 6.20. The molecule has 1 N–H and O–H groups in total. The standard InChI is InChI=1S/C14H20ClNO/c1-10-5-3-4-6-13(10)16-14-9-11(17-2)7-8-12(14)15/h7-10,13,16H,3-6H2,1-2H3. The van der Waals surface area contributed by atoms with Crippen molar-refractivity contribution in [1.82, 2.24) is 0 Å². The van der Waals surface area contributed by atoms with E-state index in [-0.39, 0.29) is 0 Å². The fourth-order valence-electron chi connectivity index (χ4n) is 2.47. The van der Waals surface area contributed by atoms with Crippen LogP contribution in [0.1, 0.15) is 32.6 Å². The molecule has 2 atom stereocenters. The molecule has 0 heterocycles. The first-order valence-corrected chi connectivity index (χ1v) is 6.68. The summed E-state index contributed by atoms with van der Waals surface area (Å²) < 4.78 is 5.23. The van der Waals surface area contributed by atoms with Gasteiger partial charge in [0.15, 0.2) is 0 Å². The van der Waals surface area contributed by atoms with Crippen LogP contribution in [0.5, 0.6) is 5.75 Å². The zero-order valence-corrected chi connectivity index (χ0v) is 11.3. The van der Waals surface area contributed by atoms with Gasteiger partial charge in [-0.05, 0) is 30.9 Å². The maximum atomic E-state index is 6.20. The monoisotopic (exact) mass is 253 g/mol. The predicted octanol–water partition coefficient (Wildman–Crippen LogP) is 4.34. The average Bonchev–Trinajstić information content (AvgIpc) is 2.35. The van der Waals surface area contributed by atoms with E-state index in [0.717, 1.165) is 16.5 Å². The molecule has 3 heteroatoms. The minimum absolute atomic E-state index is 0.536. The van der Waals surface area contributed by atoms with Crippen LogP contribution in [0.4, 0.5) is 5.69 Å². The Bertz CT molecular complexity index is 380. The first-order valence-electron chi connectivity index (χ1n) is 6.31. The Kier molecular flexibility index (Phi) is 4.16. The van der Waals surface area contributed by atoms with Gasteiger partial charge in [0, 0.05) is 12.1 Å². The van der Waals surface area contributed by atoms with Crippen LogP contribution >= 0.6 is 11.6 Å². The first kappa shape index (κ1) is 12.6. The minimum atomic E-state index is 0.536. The van der Waals surface area contributed by atoms with Crippen molar-refractivity contribution in [1.29, 1.82) is 0 Å². The van der Waals surface area contributed by atoms with Gasteiger partial charge in [-0.25, -0.2) is 0 Å². The Labute approximate surface area is 108 Å². The number of hydrogen-bond acceptors (Lipinski definition) is 2. The normalized spacial score (nSPS) is 24.4. The molecular weight excluding hydrogens is 234 g/mol. The number of benzene rings is 1. The van der Waals surface area contributed by atoms with Crippen LogP contribution in [-0.2, 0) is 0 Å². The summed E-state index contributed by atoms with van der Waals surface area (Å²) in [5.41, 5.74) is 0.991. The van der Waals surface area contributed by atoms with Gasteiger partial charge in [-0.3, -0.25) is 0 Å². The number of hydrogen-bond donors (Lipinski definition) is 1. The number of rotatable bonds is 3. The summed E-state index contributed by atoms with van der Waals surface area (Å²) in [5.74, 6) is 1.56. The molecule has 1 aromatic carbocycles. The molecule has 0 spiro atoms. The predicted molar refractivity (Wildman–Crippen MR) is 73.0 cm³/mol. The molecule has 1 aromatic rings. The van der Waals surface area contributed by atoms with Crippen molar-refractivity contribution in [3.63, 3.8) is 0 Å². The van der Waals surface area contributed by atoms with Gasteiger partial charge in [0.1, 0.15) is 5.75 Å². The summed E-state index contributed by atoms with van der Waals surface area (Å²) in [7, 11) is 1.68. The highest BCUT2D eigenvalue weighted by atomic mass is 35.5. The van der Waals surface area contributed by atoms with Crippen molar-refractivity contribution in [2.75, 3.05) is 12.4 Å². The van der Waals surface area contributed by atoms with E-state index in [1.165, 1.54) is 25.7 Å². The summed E-state index contributed by atoms with van der Waals surface area (Å²) in [5, 5.41) is 4.33. The molecule has 0 aromatic heterocycles. The van der Waals surface area contributed by atoms with E-state index >= 15 is 0 Å². The summed E-state index contributed by atoms with van der Waals surface area (Å²) in [4.78, 5) is 0. The Morgan fingerprint density at radius 3 is 2.76 bits per heavy atom. The molecule has 0 aliphatic heterocycles. The van der Waals surface area contributed by atoms with E-state index in [0.29, 0.717) is 12.0 Å². The van der Waals surface area contributed by atoms with Gasteiger partial charge in [0.2, 0.25) is 0 Å². The van der Waals surface area contributed by atoms with Gasteiger partial charge in [0.05, 0.1) is 17.8 Å². The van der Waals surface area contributed by atoms with Gasteiger partial charge < -0.3 is 10.1 Å². The van der Waals surface area contributed by atoms with Crippen molar-refractivity contribution in [3.05, 3.63) is 23.2 Å². The van der Waals surface area contributed by atoms with Crippen LogP contribution in [0.3, 0.4) is 0 Å². The fourth-order valence-corrected chi connectivity index (χ4v) is 2.64. The van der Waals surface area contributed by atoms with Crippen LogP contribution in [-0.4, -0.2) is 13.2 Å². The van der Waals surface area contributed by atoms with Crippen molar-refractivity contribution >= 4 is 17.3 Å². The van der Waals surface area contributed by atoms with Gasteiger partial charge in [-0.1, -0.05) is 31.4 Å². The average molecular weight is 254 g/mol. The van der Waals surface area contributed by atoms with E-state index < -0.39 is 0 Å². The van der Waals surface area contributed by atoms with Gasteiger partial charge in [-0.2, -0.15) is 0 Å². The Morgan fingerprint density at radius 2 is 2.06 bits per heavy atom.